The molecule has 1 fully saturated rings. The van der Waals surface area contributed by atoms with E-state index in [1.54, 1.807) is 0 Å². The van der Waals surface area contributed by atoms with Gasteiger partial charge < -0.3 is 0 Å². The predicted molar refractivity (Wildman–Crippen MR) is 85.6 cm³/mol. The first-order valence-corrected chi connectivity index (χ1v) is 7.90. The summed E-state index contributed by atoms with van der Waals surface area (Å²) < 4.78 is 0. The summed E-state index contributed by atoms with van der Waals surface area (Å²) in [5, 5.41) is 0.761. The van der Waals surface area contributed by atoms with Crippen molar-refractivity contribution >= 4 is 11.6 Å². The summed E-state index contributed by atoms with van der Waals surface area (Å²) in [5.74, 6) is 5.87. The Hall–Kier alpha value is -0.610. The monoisotopic (exact) mass is 295 g/mol. The lowest BCUT2D eigenvalue weighted by Gasteiger charge is -2.44. The Labute approximate surface area is 127 Å². The molecule has 1 aliphatic heterocycles. The van der Waals surface area contributed by atoms with Crippen LogP contribution in [0.4, 0.5) is 0 Å². The average Bonchev–Trinajstić information content (AvgIpc) is 2.71. The number of hydrogen-bond donors (Lipinski definition) is 2. The van der Waals surface area contributed by atoms with Crippen LogP contribution in [0.25, 0.3) is 0 Å². The molecule has 0 spiro atoms. The lowest BCUT2D eigenvalue weighted by Crippen LogP contribution is -2.54. The molecule has 1 aromatic carbocycles. The zero-order valence-corrected chi connectivity index (χ0v) is 13.3. The zero-order chi connectivity index (χ0) is 14.6. The van der Waals surface area contributed by atoms with E-state index in [1.165, 1.54) is 31.2 Å². The molecule has 1 atom stereocenters. The number of benzene rings is 1. The van der Waals surface area contributed by atoms with Crippen LogP contribution in [0.3, 0.4) is 0 Å². The second-order valence-electron chi connectivity index (χ2n) is 6.21. The van der Waals surface area contributed by atoms with Crippen molar-refractivity contribution in [3.05, 3.63) is 34.9 Å². The molecule has 1 saturated heterocycles. The number of nitrogens with one attached hydrogen (secondary N) is 1. The van der Waals surface area contributed by atoms with Crippen LogP contribution in [0, 0.1) is 0 Å². The summed E-state index contributed by atoms with van der Waals surface area (Å²) in [5.41, 5.74) is 4.18. The lowest BCUT2D eigenvalue weighted by atomic mass is 9.87. The Balaban J connectivity index is 2.21. The van der Waals surface area contributed by atoms with Gasteiger partial charge in [0, 0.05) is 10.6 Å². The van der Waals surface area contributed by atoms with Gasteiger partial charge in [-0.2, -0.15) is 0 Å². The molecule has 0 aromatic heterocycles. The molecule has 1 aliphatic rings. The van der Waals surface area contributed by atoms with Crippen LogP contribution < -0.4 is 11.3 Å². The van der Waals surface area contributed by atoms with E-state index in [9.17, 15) is 0 Å². The second kappa shape index (κ2) is 6.90. The van der Waals surface area contributed by atoms with Gasteiger partial charge in [0.15, 0.2) is 0 Å². The van der Waals surface area contributed by atoms with E-state index in [0.717, 1.165) is 18.1 Å². The summed E-state index contributed by atoms with van der Waals surface area (Å²) in [4.78, 5) is 2.57. The van der Waals surface area contributed by atoms with Crippen molar-refractivity contribution < 1.29 is 0 Å². The highest BCUT2D eigenvalue weighted by atomic mass is 35.5. The van der Waals surface area contributed by atoms with Gasteiger partial charge in [0.2, 0.25) is 0 Å². The van der Waals surface area contributed by atoms with Crippen molar-refractivity contribution in [2.24, 2.45) is 5.84 Å². The van der Waals surface area contributed by atoms with Gasteiger partial charge in [-0.25, -0.2) is 0 Å². The number of hydrogen-bond acceptors (Lipinski definition) is 3. The molecule has 0 radical (unpaired) electrons. The average molecular weight is 296 g/mol. The van der Waals surface area contributed by atoms with Crippen LogP contribution in [0.5, 0.6) is 0 Å². The lowest BCUT2D eigenvalue weighted by molar-refractivity contribution is 0.0834. The molecule has 112 valence electrons. The zero-order valence-electron chi connectivity index (χ0n) is 12.5. The number of nitrogens with two attached hydrogens (primary N) is 1. The molecule has 3 N–H and O–H groups in total. The molecule has 3 nitrogen and oxygen atoms in total. The molecule has 0 bridgehead atoms. The van der Waals surface area contributed by atoms with Gasteiger partial charge in [-0.15, -0.1) is 0 Å². The number of rotatable bonds is 4. The van der Waals surface area contributed by atoms with Crippen molar-refractivity contribution in [1.29, 1.82) is 0 Å². The number of nitrogens with zero attached hydrogens (tertiary/aromatic N) is 1. The van der Waals surface area contributed by atoms with Gasteiger partial charge in [0.1, 0.15) is 0 Å². The van der Waals surface area contributed by atoms with Crippen molar-refractivity contribution in [2.75, 3.05) is 13.1 Å². The van der Waals surface area contributed by atoms with E-state index in [1.807, 2.05) is 12.1 Å². The third-order valence-electron chi connectivity index (χ3n) is 4.50. The van der Waals surface area contributed by atoms with E-state index in [2.05, 4.69) is 36.3 Å². The minimum atomic E-state index is -0.0209. The maximum Gasteiger partial charge on any atom is 0.0638 e. The Morgan fingerprint density at radius 2 is 1.65 bits per heavy atom. The second-order valence-corrected chi connectivity index (χ2v) is 6.64. The van der Waals surface area contributed by atoms with E-state index in [0.29, 0.717) is 0 Å². The molecule has 0 saturated carbocycles. The highest BCUT2D eigenvalue weighted by molar-refractivity contribution is 6.30. The molecular formula is C16H26ClN3. The van der Waals surface area contributed by atoms with Crippen LogP contribution in [0.1, 0.15) is 51.1 Å². The largest absolute Gasteiger partial charge is 0.296 e. The summed E-state index contributed by atoms with van der Waals surface area (Å²) in [6.45, 7) is 6.85. The highest BCUT2D eigenvalue weighted by Gasteiger charge is 2.35. The third kappa shape index (κ3) is 3.53. The van der Waals surface area contributed by atoms with Crippen LogP contribution in [-0.2, 0) is 0 Å². The van der Waals surface area contributed by atoms with E-state index in [-0.39, 0.29) is 11.6 Å². The van der Waals surface area contributed by atoms with Crippen molar-refractivity contribution in [3.63, 3.8) is 0 Å². The van der Waals surface area contributed by atoms with Crippen LogP contribution in [0.15, 0.2) is 24.3 Å². The fraction of sp³-hybridized carbons (Fsp3) is 0.625. The molecule has 1 aromatic rings. The minimum absolute atomic E-state index is 0.0209. The summed E-state index contributed by atoms with van der Waals surface area (Å²) in [6, 6.07) is 8.08. The third-order valence-corrected chi connectivity index (χ3v) is 4.75. The van der Waals surface area contributed by atoms with Crippen molar-refractivity contribution in [1.82, 2.24) is 10.3 Å². The molecule has 2 rings (SSSR count). The Morgan fingerprint density at radius 1 is 1.10 bits per heavy atom. The maximum absolute atomic E-state index is 5.98. The topological polar surface area (TPSA) is 41.3 Å². The SMILES string of the molecule is CC(C)(C(NN)c1ccc(Cl)cc1)N1CCCCCC1. The number of likely N-dealkylation sites (tertiary alicyclic amines) is 1. The Morgan fingerprint density at radius 3 is 2.15 bits per heavy atom. The molecule has 0 aliphatic carbocycles. The summed E-state index contributed by atoms with van der Waals surface area (Å²) >= 11 is 5.98. The summed E-state index contributed by atoms with van der Waals surface area (Å²) in [7, 11) is 0. The first kappa shape index (κ1) is 15.8. The fourth-order valence-electron chi connectivity index (χ4n) is 3.19. The molecule has 4 heteroatoms. The van der Waals surface area contributed by atoms with E-state index < -0.39 is 0 Å². The van der Waals surface area contributed by atoms with Crippen molar-refractivity contribution in [2.45, 2.75) is 51.1 Å². The quantitative estimate of drug-likeness (QED) is 0.660. The predicted octanol–water partition coefficient (Wildman–Crippen LogP) is 3.50. The van der Waals surface area contributed by atoms with Gasteiger partial charge in [-0.3, -0.25) is 16.2 Å². The molecule has 1 heterocycles. The van der Waals surface area contributed by atoms with Crippen LogP contribution >= 0.6 is 11.6 Å². The van der Waals surface area contributed by atoms with Crippen LogP contribution in [0.2, 0.25) is 5.02 Å². The summed E-state index contributed by atoms with van der Waals surface area (Å²) in [6.07, 6.45) is 5.24. The van der Waals surface area contributed by atoms with Gasteiger partial charge in [0.25, 0.3) is 0 Å². The first-order valence-electron chi connectivity index (χ1n) is 7.52. The van der Waals surface area contributed by atoms with E-state index in [4.69, 9.17) is 17.4 Å². The fourth-order valence-corrected chi connectivity index (χ4v) is 3.32. The van der Waals surface area contributed by atoms with Gasteiger partial charge in [0.05, 0.1) is 6.04 Å². The Kier molecular flexibility index (Phi) is 5.44. The van der Waals surface area contributed by atoms with Crippen molar-refractivity contribution in [3.8, 4) is 0 Å². The molecule has 1 unspecified atom stereocenters. The van der Waals surface area contributed by atoms with Crippen LogP contribution in [-0.4, -0.2) is 23.5 Å². The van der Waals surface area contributed by atoms with Gasteiger partial charge >= 0.3 is 0 Å². The Bertz CT molecular complexity index is 408. The van der Waals surface area contributed by atoms with Gasteiger partial charge in [-0.1, -0.05) is 36.6 Å². The number of hydrazine groups is 1. The normalized spacial score (nSPS) is 19.6. The molecule has 0 amide bonds. The molecule has 20 heavy (non-hydrogen) atoms. The number of halogens is 1. The highest BCUT2D eigenvalue weighted by Crippen LogP contribution is 2.32. The molecular weight excluding hydrogens is 270 g/mol. The first-order chi connectivity index (χ1) is 9.55. The van der Waals surface area contributed by atoms with E-state index >= 15 is 0 Å². The minimum Gasteiger partial charge on any atom is -0.296 e. The smallest absolute Gasteiger partial charge is 0.0638 e. The maximum atomic E-state index is 5.98. The standard InChI is InChI=1S/C16H26ClN3/c1-16(2,20-11-5-3-4-6-12-20)15(19-18)13-7-9-14(17)10-8-13/h7-10,15,19H,3-6,11-12,18H2,1-2H3. The van der Waals surface area contributed by atoms with Gasteiger partial charge in [-0.05, 0) is 57.5 Å².